The van der Waals surface area contributed by atoms with Gasteiger partial charge in [0, 0.05) is 19.5 Å². The number of carbonyl (C=O) groups is 1. The van der Waals surface area contributed by atoms with E-state index in [1.165, 1.54) is 11.9 Å². The third-order valence-corrected chi connectivity index (χ3v) is 4.20. The van der Waals surface area contributed by atoms with Crippen molar-refractivity contribution in [3.05, 3.63) is 10.4 Å². The van der Waals surface area contributed by atoms with Crippen LogP contribution in [0.25, 0.3) is 0 Å². The van der Waals surface area contributed by atoms with Gasteiger partial charge in [-0.1, -0.05) is 13.8 Å². The van der Waals surface area contributed by atoms with Crippen LogP contribution in [0.2, 0.25) is 0 Å². The Morgan fingerprint density at radius 2 is 2.05 bits per heavy atom. The Bertz CT molecular complexity index is 572. The molecule has 0 radical (unpaired) electrons. The molecule has 0 amide bonds. The molecule has 0 fully saturated rings. The summed E-state index contributed by atoms with van der Waals surface area (Å²) in [4.78, 5) is 13.6. The van der Waals surface area contributed by atoms with E-state index in [2.05, 4.69) is 0 Å². The van der Waals surface area contributed by atoms with E-state index in [0.29, 0.717) is 5.00 Å². The number of carbonyl (C=O) groups excluding carboxylic acids is 1. The van der Waals surface area contributed by atoms with Crippen molar-refractivity contribution in [2.75, 3.05) is 24.2 Å². The molecule has 0 aliphatic heterocycles. The Hall–Kier alpha value is -1.75. The SMILES string of the molecule is CC(C)C(=O)c1sc(N(C)CCC(F)(F)F)c(C#N)c1N. The third-order valence-electron chi connectivity index (χ3n) is 2.86. The average molecular weight is 319 g/mol. The van der Waals surface area contributed by atoms with Crippen LogP contribution in [0.4, 0.5) is 23.9 Å². The zero-order chi connectivity index (χ0) is 16.4. The first kappa shape index (κ1) is 17.3. The Kier molecular flexibility index (Phi) is 5.23. The monoisotopic (exact) mass is 319 g/mol. The molecule has 0 spiro atoms. The van der Waals surface area contributed by atoms with E-state index in [1.807, 2.05) is 6.07 Å². The van der Waals surface area contributed by atoms with Gasteiger partial charge in [-0.25, -0.2) is 0 Å². The first-order chi connectivity index (χ1) is 9.58. The summed E-state index contributed by atoms with van der Waals surface area (Å²) in [6, 6.07) is 1.87. The molecule has 0 unspecified atom stereocenters. The molecule has 0 saturated carbocycles. The van der Waals surface area contributed by atoms with Crippen LogP contribution in [-0.4, -0.2) is 25.6 Å². The number of nitrogens with two attached hydrogens (primary N) is 1. The van der Waals surface area contributed by atoms with Gasteiger partial charge >= 0.3 is 6.18 Å². The van der Waals surface area contributed by atoms with Crippen LogP contribution in [0, 0.1) is 17.2 Å². The number of thiophene rings is 1. The number of ketones is 1. The standard InChI is InChI=1S/C13H16F3N3OS/c1-7(2)10(20)11-9(18)8(6-17)12(21-11)19(3)5-4-13(14,15)16/h7H,4-5,18H2,1-3H3. The predicted molar refractivity (Wildman–Crippen MR) is 76.6 cm³/mol. The van der Waals surface area contributed by atoms with Gasteiger partial charge in [0.05, 0.1) is 17.0 Å². The molecule has 0 aromatic carbocycles. The lowest BCUT2D eigenvalue weighted by atomic mass is 10.1. The number of hydrogen-bond donors (Lipinski definition) is 1. The number of Topliss-reactive ketones (excluding diaryl/α,β-unsaturated/α-hetero) is 1. The summed E-state index contributed by atoms with van der Waals surface area (Å²) >= 11 is 0.967. The van der Waals surface area contributed by atoms with Crippen LogP contribution in [0.1, 0.15) is 35.5 Å². The van der Waals surface area contributed by atoms with E-state index in [0.717, 1.165) is 11.3 Å². The second-order valence-electron chi connectivity index (χ2n) is 4.94. The topological polar surface area (TPSA) is 70.1 Å². The molecule has 1 aromatic rings. The number of nitrogen functional groups attached to an aromatic ring is 1. The molecule has 2 N–H and O–H groups in total. The van der Waals surface area contributed by atoms with Crippen LogP contribution in [0.5, 0.6) is 0 Å². The fourth-order valence-electron chi connectivity index (χ4n) is 1.65. The predicted octanol–water partition coefficient (Wildman–Crippen LogP) is 3.43. The Morgan fingerprint density at radius 1 is 1.48 bits per heavy atom. The largest absolute Gasteiger partial charge is 0.396 e. The van der Waals surface area contributed by atoms with Gasteiger partial charge in [0.1, 0.15) is 16.6 Å². The minimum absolute atomic E-state index is 0.0510. The number of hydrogen-bond acceptors (Lipinski definition) is 5. The second kappa shape index (κ2) is 6.35. The molecule has 21 heavy (non-hydrogen) atoms. The van der Waals surface area contributed by atoms with Gasteiger partial charge in [-0.3, -0.25) is 4.79 Å². The van der Waals surface area contributed by atoms with Gasteiger partial charge in [-0.15, -0.1) is 11.3 Å². The highest BCUT2D eigenvalue weighted by Gasteiger charge is 2.29. The molecule has 0 aliphatic carbocycles. The summed E-state index contributed by atoms with van der Waals surface area (Å²) < 4.78 is 36.8. The maximum atomic E-state index is 12.3. The highest BCUT2D eigenvalue weighted by atomic mass is 32.1. The van der Waals surface area contributed by atoms with Crippen molar-refractivity contribution >= 4 is 27.8 Å². The van der Waals surface area contributed by atoms with Gasteiger partial charge in [0.15, 0.2) is 5.78 Å². The first-order valence-corrected chi connectivity index (χ1v) is 7.04. The highest BCUT2D eigenvalue weighted by molar-refractivity contribution is 7.19. The minimum Gasteiger partial charge on any atom is -0.396 e. The number of rotatable bonds is 5. The maximum absolute atomic E-state index is 12.3. The maximum Gasteiger partial charge on any atom is 0.390 e. The Balaban J connectivity index is 3.11. The molecule has 1 aromatic heterocycles. The Labute approximate surface area is 125 Å². The fourth-order valence-corrected chi connectivity index (χ4v) is 2.90. The summed E-state index contributed by atoms with van der Waals surface area (Å²) in [5, 5.41) is 9.42. The number of anilines is 2. The Morgan fingerprint density at radius 3 is 2.48 bits per heavy atom. The summed E-state index contributed by atoms with van der Waals surface area (Å²) in [7, 11) is 1.45. The lowest BCUT2D eigenvalue weighted by Gasteiger charge is -2.18. The van der Waals surface area contributed by atoms with E-state index < -0.39 is 12.6 Å². The van der Waals surface area contributed by atoms with Gasteiger partial charge in [-0.2, -0.15) is 18.4 Å². The molecule has 0 saturated heterocycles. The average Bonchev–Trinajstić information content (AvgIpc) is 2.71. The van der Waals surface area contributed by atoms with Crippen LogP contribution in [-0.2, 0) is 0 Å². The summed E-state index contributed by atoms with van der Waals surface area (Å²) in [6.45, 7) is 3.09. The minimum atomic E-state index is -4.28. The van der Waals surface area contributed by atoms with Crippen molar-refractivity contribution in [3.8, 4) is 6.07 Å². The van der Waals surface area contributed by atoms with Crippen molar-refractivity contribution < 1.29 is 18.0 Å². The highest BCUT2D eigenvalue weighted by Crippen LogP contribution is 2.39. The normalized spacial score (nSPS) is 11.5. The lowest BCUT2D eigenvalue weighted by Crippen LogP contribution is -2.23. The van der Waals surface area contributed by atoms with Crippen molar-refractivity contribution in [2.24, 2.45) is 5.92 Å². The van der Waals surface area contributed by atoms with Gasteiger partial charge in [0.25, 0.3) is 0 Å². The summed E-state index contributed by atoms with van der Waals surface area (Å²) in [5.74, 6) is -0.518. The number of nitrogens with zero attached hydrogens (tertiary/aromatic N) is 2. The molecular formula is C13H16F3N3OS. The summed E-state index contributed by atoms with van der Waals surface area (Å²) in [5.41, 5.74) is 5.91. The first-order valence-electron chi connectivity index (χ1n) is 6.23. The van der Waals surface area contributed by atoms with Crippen molar-refractivity contribution in [1.29, 1.82) is 5.26 Å². The van der Waals surface area contributed by atoms with Crippen LogP contribution in [0.3, 0.4) is 0 Å². The fraction of sp³-hybridized carbons (Fsp3) is 0.538. The molecule has 116 valence electrons. The summed E-state index contributed by atoms with van der Waals surface area (Å²) in [6.07, 6.45) is -5.28. The molecule has 0 bridgehead atoms. The van der Waals surface area contributed by atoms with Gasteiger partial charge < -0.3 is 10.6 Å². The molecule has 8 heteroatoms. The van der Waals surface area contributed by atoms with Gasteiger partial charge in [0.2, 0.25) is 0 Å². The van der Waals surface area contributed by atoms with E-state index in [4.69, 9.17) is 11.0 Å². The molecule has 0 atom stereocenters. The van der Waals surface area contributed by atoms with Crippen LogP contribution in [0.15, 0.2) is 0 Å². The smallest absolute Gasteiger partial charge is 0.390 e. The molecule has 1 heterocycles. The molecule has 1 rings (SSSR count). The van der Waals surface area contributed by atoms with E-state index in [9.17, 15) is 18.0 Å². The zero-order valence-electron chi connectivity index (χ0n) is 11.9. The molecular weight excluding hydrogens is 303 g/mol. The number of alkyl halides is 3. The van der Waals surface area contributed by atoms with Crippen molar-refractivity contribution in [1.82, 2.24) is 0 Å². The number of nitriles is 1. The van der Waals surface area contributed by atoms with E-state index in [1.54, 1.807) is 13.8 Å². The van der Waals surface area contributed by atoms with Crippen molar-refractivity contribution in [3.63, 3.8) is 0 Å². The molecule has 0 aliphatic rings. The van der Waals surface area contributed by atoms with Gasteiger partial charge in [-0.05, 0) is 0 Å². The van der Waals surface area contributed by atoms with E-state index >= 15 is 0 Å². The van der Waals surface area contributed by atoms with E-state index in [-0.39, 0.29) is 34.4 Å². The third kappa shape index (κ3) is 4.11. The van der Waals surface area contributed by atoms with Crippen LogP contribution >= 0.6 is 11.3 Å². The zero-order valence-corrected chi connectivity index (χ0v) is 12.7. The quantitative estimate of drug-likeness (QED) is 0.844. The molecule has 4 nitrogen and oxygen atoms in total. The number of halogens is 3. The lowest BCUT2D eigenvalue weighted by molar-refractivity contribution is -0.132. The van der Waals surface area contributed by atoms with Crippen LogP contribution < -0.4 is 10.6 Å². The van der Waals surface area contributed by atoms with Crippen molar-refractivity contribution in [2.45, 2.75) is 26.4 Å². The second-order valence-corrected chi connectivity index (χ2v) is 5.94.